The number of nitrogens with zero attached hydrogens (tertiary/aromatic N) is 1. The highest BCUT2D eigenvalue weighted by Gasteiger charge is 2.12. The van der Waals surface area contributed by atoms with Gasteiger partial charge >= 0.3 is 0 Å². The topological polar surface area (TPSA) is 71.8 Å². The summed E-state index contributed by atoms with van der Waals surface area (Å²) in [5.74, 6) is 0.895. The zero-order valence-electron chi connectivity index (χ0n) is 10.5. The van der Waals surface area contributed by atoms with Crippen LogP contribution >= 0.6 is 0 Å². The van der Waals surface area contributed by atoms with Crippen LogP contribution in [0.3, 0.4) is 0 Å². The van der Waals surface area contributed by atoms with E-state index in [1.807, 2.05) is 27.7 Å². The van der Waals surface area contributed by atoms with E-state index < -0.39 is 0 Å². The Morgan fingerprint density at radius 1 is 1.44 bits per heavy atom. The van der Waals surface area contributed by atoms with Crippen LogP contribution in [0.2, 0.25) is 0 Å². The van der Waals surface area contributed by atoms with E-state index in [4.69, 9.17) is 5.73 Å². The first-order valence-electron chi connectivity index (χ1n) is 5.81. The van der Waals surface area contributed by atoms with Gasteiger partial charge in [0.05, 0.1) is 0 Å². The molecule has 1 aromatic heterocycles. The molecule has 0 bridgehead atoms. The Balaban J connectivity index is 3.05. The lowest BCUT2D eigenvalue weighted by molar-refractivity contribution is 0.618. The van der Waals surface area contributed by atoms with Gasteiger partial charge in [-0.1, -0.05) is 20.8 Å². The van der Waals surface area contributed by atoms with E-state index in [0.29, 0.717) is 12.2 Å². The van der Waals surface area contributed by atoms with Crippen LogP contribution in [-0.4, -0.2) is 16.0 Å². The summed E-state index contributed by atoms with van der Waals surface area (Å²) >= 11 is 0. The average Bonchev–Trinajstić information content (AvgIpc) is 2.15. The number of H-pyrrole nitrogens is 1. The maximum absolute atomic E-state index is 11.8. The number of aromatic amines is 1. The first-order valence-corrected chi connectivity index (χ1v) is 5.81. The van der Waals surface area contributed by atoms with Gasteiger partial charge < -0.3 is 10.7 Å². The van der Waals surface area contributed by atoms with Crippen molar-refractivity contribution in [2.45, 2.75) is 52.5 Å². The van der Waals surface area contributed by atoms with E-state index in [-0.39, 0.29) is 17.5 Å². The van der Waals surface area contributed by atoms with Crippen molar-refractivity contribution < 1.29 is 0 Å². The molecule has 1 atom stereocenters. The highest BCUT2D eigenvalue weighted by molar-refractivity contribution is 5.20. The van der Waals surface area contributed by atoms with Crippen LogP contribution in [0.15, 0.2) is 4.79 Å². The van der Waals surface area contributed by atoms with Gasteiger partial charge in [-0.2, -0.15) is 0 Å². The lowest BCUT2D eigenvalue weighted by atomic mass is 10.0. The minimum Gasteiger partial charge on any atom is -0.327 e. The first-order chi connectivity index (χ1) is 7.45. The van der Waals surface area contributed by atoms with E-state index in [1.54, 1.807) is 0 Å². The molecule has 1 heterocycles. The minimum absolute atomic E-state index is 0.0270. The number of hydrogen-bond donors (Lipinski definition) is 2. The summed E-state index contributed by atoms with van der Waals surface area (Å²) in [4.78, 5) is 19.1. The molecule has 1 unspecified atom stereocenters. The lowest BCUT2D eigenvalue weighted by Gasteiger charge is -2.11. The van der Waals surface area contributed by atoms with Crippen molar-refractivity contribution in [2.75, 3.05) is 0 Å². The summed E-state index contributed by atoms with van der Waals surface area (Å²) in [6.07, 6.45) is 1.51. The molecule has 0 fully saturated rings. The number of nitrogens with one attached hydrogen (secondary N) is 1. The molecule has 0 aliphatic carbocycles. The van der Waals surface area contributed by atoms with Crippen LogP contribution in [0.25, 0.3) is 0 Å². The molecule has 0 radical (unpaired) electrons. The second-order valence-corrected chi connectivity index (χ2v) is 4.54. The van der Waals surface area contributed by atoms with E-state index in [0.717, 1.165) is 17.7 Å². The second kappa shape index (κ2) is 5.25. The molecule has 1 rings (SSSR count). The zero-order chi connectivity index (χ0) is 12.3. The van der Waals surface area contributed by atoms with E-state index in [2.05, 4.69) is 9.97 Å². The molecule has 3 N–H and O–H groups in total. The smallest absolute Gasteiger partial charge is 0.254 e. The molecular formula is C12H21N3O. The van der Waals surface area contributed by atoms with Gasteiger partial charge in [-0.15, -0.1) is 0 Å². The van der Waals surface area contributed by atoms with Crippen LogP contribution < -0.4 is 11.3 Å². The lowest BCUT2D eigenvalue weighted by Crippen LogP contribution is -2.26. The third-order valence-corrected chi connectivity index (χ3v) is 2.75. The summed E-state index contributed by atoms with van der Waals surface area (Å²) in [5, 5.41) is 0. The maximum Gasteiger partial charge on any atom is 0.254 e. The fourth-order valence-corrected chi connectivity index (χ4v) is 1.82. The van der Waals surface area contributed by atoms with Crippen molar-refractivity contribution in [1.29, 1.82) is 0 Å². The molecule has 0 saturated heterocycles. The van der Waals surface area contributed by atoms with Gasteiger partial charge in [-0.3, -0.25) is 4.79 Å². The van der Waals surface area contributed by atoms with Crippen LogP contribution in [0, 0.1) is 6.92 Å². The van der Waals surface area contributed by atoms with Crippen LogP contribution in [0.4, 0.5) is 0 Å². The SMILES string of the molecule is CCC(N)Cc1nc(C)c(C(C)C)c(=O)[nH]1. The molecule has 90 valence electrons. The van der Waals surface area contributed by atoms with Crippen molar-refractivity contribution in [3.05, 3.63) is 27.4 Å². The van der Waals surface area contributed by atoms with Gasteiger partial charge in [0.25, 0.3) is 5.56 Å². The Morgan fingerprint density at radius 2 is 2.06 bits per heavy atom. The van der Waals surface area contributed by atoms with E-state index >= 15 is 0 Å². The van der Waals surface area contributed by atoms with Gasteiger partial charge in [0.1, 0.15) is 5.82 Å². The summed E-state index contributed by atoms with van der Waals surface area (Å²) in [5.41, 5.74) is 7.40. The molecule has 1 aromatic rings. The highest BCUT2D eigenvalue weighted by atomic mass is 16.1. The van der Waals surface area contributed by atoms with Crippen molar-refractivity contribution >= 4 is 0 Å². The molecule has 4 heteroatoms. The molecule has 4 nitrogen and oxygen atoms in total. The van der Waals surface area contributed by atoms with Gasteiger partial charge in [-0.05, 0) is 19.3 Å². The second-order valence-electron chi connectivity index (χ2n) is 4.54. The van der Waals surface area contributed by atoms with E-state index in [1.165, 1.54) is 0 Å². The molecule has 0 aromatic carbocycles. The van der Waals surface area contributed by atoms with Crippen molar-refractivity contribution in [3.8, 4) is 0 Å². The van der Waals surface area contributed by atoms with Crippen molar-refractivity contribution in [1.82, 2.24) is 9.97 Å². The van der Waals surface area contributed by atoms with Gasteiger partial charge in [0, 0.05) is 23.7 Å². The number of hydrogen-bond acceptors (Lipinski definition) is 3. The Morgan fingerprint density at radius 3 is 2.50 bits per heavy atom. The average molecular weight is 223 g/mol. The van der Waals surface area contributed by atoms with Crippen LogP contribution in [-0.2, 0) is 6.42 Å². The van der Waals surface area contributed by atoms with Crippen LogP contribution in [0.5, 0.6) is 0 Å². The molecule has 0 aliphatic rings. The highest BCUT2D eigenvalue weighted by Crippen LogP contribution is 2.12. The predicted octanol–water partition coefficient (Wildman–Crippen LogP) is 1.48. The number of rotatable bonds is 4. The Kier molecular flexibility index (Phi) is 4.24. The van der Waals surface area contributed by atoms with Gasteiger partial charge in [0.15, 0.2) is 0 Å². The fraction of sp³-hybridized carbons (Fsp3) is 0.667. The fourth-order valence-electron chi connectivity index (χ4n) is 1.82. The monoisotopic (exact) mass is 223 g/mol. The first kappa shape index (κ1) is 12.9. The number of aromatic nitrogens is 2. The molecule has 0 aliphatic heterocycles. The minimum atomic E-state index is -0.0270. The van der Waals surface area contributed by atoms with Crippen LogP contribution in [0.1, 0.15) is 50.2 Å². The Labute approximate surface area is 96.3 Å². The van der Waals surface area contributed by atoms with Crippen molar-refractivity contribution in [3.63, 3.8) is 0 Å². The molecule has 0 amide bonds. The largest absolute Gasteiger partial charge is 0.327 e. The normalized spacial score (nSPS) is 13.1. The summed E-state index contributed by atoms with van der Waals surface area (Å²) in [7, 11) is 0. The molecule has 0 saturated carbocycles. The van der Waals surface area contributed by atoms with Crippen molar-refractivity contribution in [2.24, 2.45) is 5.73 Å². The predicted molar refractivity (Wildman–Crippen MR) is 65.7 cm³/mol. The summed E-state index contributed by atoms with van der Waals surface area (Å²) < 4.78 is 0. The van der Waals surface area contributed by atoms with Gasteiger partial charge in [-0.25, -0.2) is 4.98 Å². The Bertz CT molecular complexity index is 409. The standard InChI is InChI=1S/C12H21N3O/c1-5-9(13)6-10-14-8(4)11(7(2)3)12(16)15-10/h7,9H,5-6,13H2,1-4H3,(H,14,15,16). The summed E-state index contributed by atoms with van der Waals surface area (Å²) in [6, 6.07) is 0.0625. The maximum atomic E-state index is 11.8. The molecular weight excluding hydrogens is 202 g/mol. The summed E-state index contributed by atoms with van der Waals surface area (Å²) in [6.45, 7) is 7.90. The number of nitrogens with two attached hydrogens (primary N) is 1. The third-order valence-electron chi connectivity index (χ3n) is 2.75. The van der Waals surface area contributed by atoms with Gasteiger partial charge in [0.2, 0.25) is 0 Å². The zero-order valence-corrected chi connectivity index (χ0v) is 10.5. The number of aryl methyl sites for hydroxylation is 1. The molecule has 16 heavy (non-hydrogen) atoms. The van der Waals surface area contributed by atoms with E-state index in [9.17, 15) is 4.79 Å². The quantitative estimate of drug-likeness (QED) is 0.812. The molecule has 0 spiro atoms. The third kappa shape index (κ3) is 2.92. The Hall–Kier alpha value is -1.16.